The molecule has 0 saturated heterocycles. The SMILES string of the molecule is COc1ccc(C(N)c2cc(C)cc(Cl)c2)cc1Br. The summed E-state index contributed by atoms with van der Waals surface area (Å²) in [4.78, 5) is 0. The highest BCUT2D eigenvalue weighted by Crippen LogP contribution is 2.30. The lowest BCUT2D eigenvalue weighted by Crippen LogP contribution is -2.12. The monoisotopic (exact) mass is 339 g/mol. The molecule has 0 spiro atoms. The van der Waals surface area contributed by atoms with Crippen molar-refractivity contribution in [3.8, 4) is 5.75 Å². The van der Waals surface area contributed by atoms with Crippen LogP contribution >= 0.6 is 27.5 Å². The third-order valence-electron chi connectivity index (χ3n) is 2.96. The third-order valence-corrected chi connectivity index (χ3v) is 3.80. The minimum atomic E-state index is -0.209. The Hall–Kier alpha value is -1.03. The van der Waals surface area contributed by atoms with Crippen molar-refractivity contribution in [1.82, 2.24) is 0 Å². The Morgan fingerprint density at radius 2 is 1.89 bits per heavy atom. The van der Waals surface area contributed by atoms with Gasteiger partial charge in [0.25, 0.3) is 0 Å². The first-order valence-electron chi connectivity index (χ1n) is 5.87. The summed E-state index contributed by atoms with van der Waals surface area (Å²) in [6.07, 6.45) is 0. The highest BCUT2D eigenvalue weighted by atomic mass is 79.9. The summed E-state index contributed by atoms with van der Waals surface area (Å²) >= 11 is 9.55. The molecule has 4 heteroatoms. The second kappa shape index (κ2) is 5.95. The van der Waals surface area contributed by atoms with Gasteiger partial charge in [-0.25, -0.2) is 0 Å². The molecule has 1 unspecified atom stereocenters. The van der Waals surface area contributed by atoms with Crippen LogP contribution in [0, 0.1) is 6.92 Å². The van der Waals surface area contributed by atoms with Crippen LogP contribution in [0.1, 0.15) is 22.7 Å². The molecule has 1 atom stereocenters. The number of hydrogen-bond acceptors (Lipinski definition) is 2. The van der Waals surface area contributed by atoms with Gasteiger partial charge in [-0.15, -0.1) is 0 Å². The van der Waals surface area contributed by atoms with E-state index in [-0.39, 0.29) is 6.04 Å². The van der Waals surface area contributed by atoms with Crippen molar-refractivity contribution < 1.29 is 4.74 Å². The minimum absolute atomic E-state index is 0.209. The van der Waals surface area contributed by atoms with Crippen molar-refractivity contribution >= 4 is 27.5 Å². The van der Waals surface area contributed by atoms with Gasteiger partial charge in [0.05, 0.1) is 17.6 Å². The number of ether oxygens (including phenoxy) is 1. The molecule has 19 heavy (non-hydrogen) atoms. The smallest absolute Gasteiger partial charge is 0.133 e. The van der Waals surface area contributed by atoms with Crippen molar-refractivity contribution in [3.05, 3.63) is 62.6 Å². The number of rotatable bonds is 3. The maximum atomic E-state index is 6.29. The van der Waals surface area contributed by atoms with Gasteiger partial charge < -0.3 is 10.5 Å². The second-order valence-electron chi connectivity index (χ2n) is 4.43. The van der Waals surface area contributed by atoms with Gasteiger partial charge in [-0.3, -0.25) is 0 Å². The molecule has 0 heterocycles. The number of benzene rings is 2. The normalized spacial score (nSPS) is 12.3. The predicted octanol–water partition coefficient (Wildman–Crippen LogP) is 4.47. The van der Waals surface area contributed by atoms with Crippen LogP contribution in [0.5, 0.6) is 5.75 Å². The van der Waals surface area contributed by atoms with Gasteiger partial charge in [0.15, 0.2) is 0 Å². The maximum Gasteiger partial charge on any atom is 0.133 e. The molecule has 0 aromatic heterocycles. The Kier molecular flexibility index (Phi) is 4.50. The molecule has 2 aromatic carbocycles. The van der Waals surface area contributed by atoms with Crippen LogP contribution in [0.25, 0.3) is 0 Å². The molecule has 0 aliphatic rings. The van der Waals surface area contributed by atoms with Gasteiger partial charge in [0.1, 0.15) is 5.75 Å². The summed E-state index contributed by atoms with van der Waals surface area (Å²) in [5.74, 6) is 0.790. The van der Waals surface area contributed by atoms with Crippen molar-refractivity contribution in [2.24, 2.45) is 5.73 Å². The molecule has 0 aliphatic carbocycles. The van der Waals surface area contributed by atoms with Gasteiger partial charge in [-0.2, -0.15) is 0 Å². The van der Waals surface area contributed by atoms with Crippen LogP contribution in [0.3, 0.4) is 0 Å². The highest BCUT2D eigenvalue weighted by molar-refractivity contribution is 9.10. The average Bonchev–Trinajstić information content (AvgIpc) is 2.36. The molecule has 0 bridgehead atoms. The van der Waals surface area contributed by atoms with Crippen LogP contribution in [0.2, 0.25) is 5.02 Å². The third kappa shape index (κ3) is 3.30. The molecule has 2 nitrogen and oxygen atoms in total. The number of methoxy groups -OCH3 is 1. The van der Waals surface area contributed by atoms with E-state index in [0.29, 0.717) is 5.02 Å². The van der Waals surface area contributed by atoms with Gasteiger partial charge in [0, 0.05) is 5.02 Å². The molecular weight excluding hydrogens is 326 g/mol. The first-order valence-corrected chi connectivity index (χ1v) is 7.04. The molecule has 0 radical (unpaired) electrons. The van der Waals surface area contributed by atoms with E-state index in [1.54, 1.807) is 7.11 Å². The first kappa shape index (κ1) is 14.4. The molecular formula is C15H15BrClNO. The summed E-state index contributed by atoms with van der Waals surface area (Å²) < 4.78 is 6.11. The van der Waals surface area contributed by atoms with E-state index >= 15 is 0 Å². The van der Waals surface area contributed by atoms with Crippen molar-refractivity contribution in [2.45, 2.75) is 13.0 Å². The van der Waals surface area contributed by atoms with Gasteiger partial charge in [0.2, 0.25) is 0 Å². The maximum absolute atomic E-state index is 6.29. The fraction of sp³-hybridized carbons (Fsp3) is 0.200. The van der Waals surface area contributed by atoms with Crippen LogP contribution in [-0.4, -0.2) is 7.11 Å². The number of hydrogen-bond donors (Lipinski definition) is 1. The Morgan fingerprint density at radius 1 is 1.16 bits per heavy atom. The lowest BCUT2D eigenvalue weighted by Gasteiger charge is -2.15. The minimum Gasteiger partial charge on any atom is -0.496 e. The Balaban J connectivity index is 2.38. The average molecular weight is 341 g/mol. The lowest BCUT2D eigenvalue weighted by molar-refractivity contribution is 0.412. The largest absolute Gasteiger partial charge is 0.496 e. The van der Waals surface area contributed by atoms with Crippen LogP contribution in [-0.2, 0) is 0 Å². The summed E-state index contributed by atoms with van der Waals surface area (Å²) in [6, 6.07) is 11.5. The Morgan fingerprint density at radius 3 is 2.47 bits per heavy atom. The van der Waals surface area contributed by atoms with Gasteiger partial charge in [-0.1, -0.05) is 23.7 Å². The molecule has 2 aromatic rings. The zero-order valence-corrected chi connectivity index (χ0v) is 13.1. The van der Waals surface area contributed by atoms with E-state index in [1.807, 2.05) is 37.3 Å². The van der Waals surface area contributed by atoms with Crippen LogP contribution in [0.15, 0.2) is 40.9 Å². The Bertz CT molecular complexity index is 580. The molecule has 0 amide bonds. The van der Waals surface area contributed by atoms with E-state index in [2.05, 4.69) is 22.0 Å². The zero-order chi connectivity index (χ0) is 14.0. The van der Waals surface area contributed by atoms with E-state index in [9.17, 15) is 0 Å². The first-order chi connectivity index (χ1) is 9.01. The highest BCUT2D eigenvalue weighted by Gasteiger charge is 2.12. The molecule has 2 N–H and O–H groups in total. The quantitative estimate of drug-likeness (QED) is 0.895. The fourth-order valence-corrected chi connectivity index (χ4v) is 2.87. The van der Waals surface area contributed by atoms with Gasteiger partial charge in [-0.05, 0) is 63.8 Å². The standard InChI is InChI=1S/C15H15BrClNO/c1-9-5-11(7-12(17)6-9)15(18)10-3-4-14(19-2)13(16)8-10/h3-8,15H,18H2,1-2H3. The summed E-state index contributed by atoms with van der Waals surface area (Å²) in [5, 5.41) is 0.707. The van der Waals surface area contributed by atoms with Gasteiger partial charge >= 0.3 is 0 Å². The molecule has 0 fully saturated rings. The summed E-state index contributed by atoms with van der Waals surface area (Å²) in [6.45, 7) is 2.01. The number of nitrogens with two attached hydrogens (primary N) is 1. The van der Waals surface area contributed by atoms with E-state index in [0.717, 1.165) is 26.9 Å². The predicted molar refractivity (Wildman–Crippen MR) is 82.9 cm³/mol. The molecule has 100 valence electrons. The van der Waals surface area contributed by atoms with E-state index in [4.69, 9.17) is 22.1 Å². The summed E-state index contributed by atoms with van der Waals surface area (Å²) in [5.41, 5.74) is 9.41. The van der Waals surface area contributed by atoms with E-state index < -0.39 is 0 Å². The number of aryl methyl sites for hydroxylation is 1. The van der Waals surface area contributed by atoms with Crippen molar-refractivity contribution in [1.29, 1.82) is 0 Å². The van der Waals surface area contributed by atoms with Crippen molar-refractivity contribution in [3.63, 3.8) is 0 Å². The summed E-state index contributed by atoms with van der Waals surface area (Å²) in [7, 11) is 1.64. The van der Waals surface area contributed by atoms with Crippen molar-refractivity contribution in [2.75, 3.05) is 7.11 Å². The molecule has 2 rings (SSSR count). The second-order valence-corrected chi connectivity index (χ2v) is 5.72. The van der Waals surface area contributed by atoms with E-state index in [1.165, 1.54) is 0 Å². The number of halogens is 2. The van der Waals surface area contributed by atoms with Crippen LogP contribution < -0.4 is 10.5 Å². The zero-order valence-electron chi connectivity index (χ0n) is 10.8. The molecule has 0 saturated carbocycles. The van der Waals surface area contributed by atoms with Crippen LogP contribution in [0.4, 0.5) is 0 Å². The lowest BCUT2D eigenvalue weighted by atomic mass is 9.98. The topological polar surface area (TPSA) is 35.2 Å². The molecule has 0 aliphatic heterocycles. The fourth-order valence-electron chi connectivity index (χ4n) is 2.01. The Labute approximate surface area is 126 Å².